The Bertz CT molecular complexity index is 491. The molecular weight excluding hydrogens is 226 g/mol. The zero-order valence-electron chi connectivity index (χ0n) is 9.34. The molecule has 0 amide bonds. The third kappa shape index (κ3) is 3.35. The highest BCUT2D eigenvalue weighted by Crippen LogP contribution is 2.08. The van der Waals surface area contributed by atoms with E-state index in [4.69, 9.17) is 4.42 Å². The Balaban J connectivity index is 1.89. The second-order valence-corrected chi connectivity index (χ2v) is 3.75. The van der Waals surface area contributed by atoms with Gasteiger partial charge in [0.15, 0.2) is 0 Å². The van der Waals surface area contributed by atoms with Crippen LogP contribution in [-0.2, 0) is 13.1 Å². The van der Waals surface area contributed by atoms with Crippen LogP contribution in [0.4, 0.5) is 8.78 Å². The van der Waals surface area contributed by atoms with Gasteiger partial charge in [-0.15, -0.1) is 0 Å². The second-order valence-electron chi connectivity index (χ2n) is 3.75. The van der Waals surface area contributed by atoms with Crippen LogP contribution in [0.15, 0.2) is 28.8 Å². The van der Waals surface area contributed by atoms with Crippen LogP contribution in [0.3, 0.4) is 0 Å². The fourth-order valence-electron chi connectivity index (χ4n) is 1.51. The monoisotopic (exact) mass is 238 g/mol. The van der Waals surface area contributed by atoms with Crippen molar-refractivity contribution in [3.63, 3.8) is 0 Å². The van der Waals surface area contributed by atoms with Gasteiger partial charge < -0.3 is 9.73 Å². The van der Waals surface area contributed by atoms with Crippen LogP contribution in [0.5, 0.6) is 0 Å². The lowest BCUT2D eigenvalue weighted by Gasteiger charge is -2.03. The van der Waals surface area contributed by atoms with Crippen LogP contribution >= 0.6 is 0 Å². The Labute approximate surface area is 97.5 Å². The molecule has 0 unspecified atom stereocenters. The predicted molar refractivity (Wildman–Crippen MR) is 58.1 cm³/mol. The summed E-state index contributed by atoms with van der Waals surface area (Å²) < 4.78 is 31.0. The highest BCUT2D eigenvalue weighted by atomic mass is 19.1. The van der Waals surface area contributed by atoms with Crippen molar-refractivity contribution in [1.29, 1.82) is 0 Å². The summed E-state index contributed by atoms with van der Waals surface area (Å²) in [6, 6.07) is 3.43. The first kappa shape index (κ1) is 11.7. The smallest absolute Gasteiger partial charge is 0.208 e. The Morgan fingerprint density at radius 1 is 1.18 bits per heavy atom. The van der Waals surface area contributed by atoms with Crippen molar-refractivity contribution < 1.29 is 13.2 Å². The zero-order valence-corrected chi connectivity index (χ0v) is 9.34. The molecule has 0 spiro atoms. The molecule has 1 heterocycles. The summed E-state index contributed by atoms with van der Waals surface area (Å²) in [5, 5.41) is 3.00. The van der Waals surface area contributed by atoms with E-state index < -0.39 is 11.6 Å². The van der Waals surface area contributed by atoms with E-state index >= 15 is 0 Å². The number of hydrogen-bond acceptors (Lipinski definition) is 3. The maximum absolute atomic E-state index is 12.9. The highest BCUT2D eigenvalue weighted by molar-refractivity contribution is 5.17. The number of aromatic nitrogens is 1. The van der Waals surface area contributed by atoms with Gasteiger partial charge in [-0.2, -0.15) is 0 Å². The maximum atomic E-state index is 12.9. The van der Waals surface area contributed by atoms with E-state index in [9.17, 15) is 8.78 Å². The first-order valence-corrected chi connectivity index (χ1v) is 5.20. The van der Waals surface area contributed by atoms with Gasteiger partial charge in [-0.25, -0.2) is 13.8 Å². The average molecular weight is 238 g/mol. The summed E-state index contributed by atoms with van der Waals surface area (Å²) in [6.45, 7) is 2.58. The molecule has 0 aliphatic carbocycles. The van der Waals surface area contributed by atoms with Gasteiger partial charge in [0.1, 0.15) is 17.4 Å². The van der Waals surface area contributed by atoms with Crippen LogP contribution in [0.1, 0.15) is 17.2 Å². The minimum absolute atomic E-state index is 0.357. The van der Waals surface area contributed by atoms with Crippen LogP contribution in [-0.4, -0.2) is 4.98 Å². The molecule has 90 valence electrons. The fourth-order valence-corrected chi connectivity index (χ4v) is 1.51. The standard InChI is InChI=1S/C12H12F2N2O/c1-8-5-16-12(17-8)7-15-6-9-2-10(13)4-11(14)3-9/h2-5,15H,6-7H2,1H3. The summed E-state index contributed by atoms with van der Waals surface area (Å²) >= 11 is 0. The van der Waals surface area contributed by atoms with E-state index in [2.05, 4.69) is 10.3 Å². The Morgan fingerprint density at radius 3 is 2.47 bits per heavy atom. The quantitative estimate of drug-likeness (QED) is 0.889. The molecule has 1 aromatic carbocycles. The Morgan fingerprint density at radius 2 is 1.88 bits per heavy atom. The topological polar surface area (TPSA) is 38.1 Å². The third-order valence-electron chi connectivity index (χ3n) is 2.20. The molecule has 0 saturated carbocycles. The van der Waals surface area contributed by atoms with E-state index in [0.717, 1.165) is 11.8 Å². The van der Waals surface area contributed by atoms with Crippen molar-refractivity contribution in [2.45, 2.75) is 20.0 Å². The van der Waals surface area contributed by atoms with Gasteiger partial charge in [0.25, 0.3) is 0 Å². The molecule has 2 aromatic rings. The molecule has 1 N–H and O–H groups in total. The molecule has 0 bridgehead atoms. The van der Waals surface area contributed by atoms with Gasteiger partial charge in [0, 0.05) is 12.6 Å². The molecule has 17 heavy (non-hydrogen) atoms. The molecule has 0 atom stereocenters. The van der Waals surface area contributed by atoms with E-state index in [-0.39, 0.29) is 0 Å². The summed E-state index contributed by atoms with van der Waals surface area (Å²) in [4.78, 5) is 4.00. The number of nitrogens with zero attached hydrogens (tertiary/aromatic N) is 1. The van der Waals surface area contributed by atoms with Crippen molar-refractivity contribution in [2.24, 2.45) is 0 Å². The molecular formula is C12H12F2N2O. The van der Waals surface area contributed by atoms with Gasteiger partial charge in [-0.1, -0.05) is 0 Å². The maximum Gasteiger partial charge on any atom is 0.208 e. The highest BCUT2D eigenvalue weighted by Gasteiger charge is 2.02. The first-order valence-electron chi connectivity index (χ1n) is 5.20. The molecule has 0 saturated heterocycles. The van der Waals surface area contributed by atoms with Gasteiger partial charge >= 0.3 is 0 Å². The minimum atomic E-state index is -0.575. The molecule has 0 radical (unpaired) electrons. The normalized spacial score (nSPS) is 10.8. The largest absolute Gasteiger partial charge is 0.445 e. The Kier molecular flexibility index (Phi) is 3.49. The SMILES string of the molecule is Cc1cnc(CNCc2cc(F)cc(F)c2)o1. The fraction of sp³-hybridized carbons (Fsp3) is 0.250. The lowest BCUT2D eigenvalue weighted by molar-refractivity contribution is 0.448. The number of nitrogens with one attached hydrogen (secondary N) is 1. The first-order chi connectivity index (χ1) is 8.13. The predicted octanol–water partition coefficient (Wildman–Crippen LogP) is 2.55. The lowest BCUT2D eigenvalue weighted by Crippen LogP contribution is -2.13. The van der Waals surface area contributed by atoms with Crippen molar-refractivity contribution in [1.82, 2.24) is 10.3 Å². The van der Waals surface area contributed by atoms with Crippen molar-refractivity contribution in [3.8, 4) is 0 Å². The molecule has 1 aromatic heterocycles. The van der Waals surface area contributed by atoms with Crippen molar-refractivity contribution in [3.05, 3.63) is 53.2 Å². The van der Waals surface area contributed by atoms with Gasteiger partial charge in [0.05, 0.1) is 12.7 Å². The van der Waals surface area contributed by atoms with E-state index in [1.807, 2.05) is 0 Å². The number of aryl methyl sites for hydroxylation is 1. The second kappa shape index (κ2) is 5.05. The van der Waals surface area contributed by atoms with Crippen LogP contribution in [0.25, 0.3) is 0 Å². The molecule has 2 rings (SSSR count). The molecule has 5 heteroatoms. The summed E-state index contributed by atoms with van der Waals surface area (Å²) in [5.41, 5.74) is 0.547. The lowest BCUT2D eigenvalue weighted by atomic mass is 10.2. The molecule has 0 aliphatic rings. The number of hydrogen-bond donors (Lipinski definition) is 1. The van der Waals surface area contributed by atoms with Crippen molar-refractivity contribution >= 4 is 0 Å². The van der Waals surface area contributed by atoms with Crippen LogP contribution in [0, 0.1) is 18.6 Å². The number of rotatable bonds is 4. The van der Waals surface area contributed by atoms with E-state index in [1.165, 1.54) is 12.1 Å². The third-order valence-corrected chi connectivity index (χ3v) is 2.20. The molecule has 0 fully saturated rings. The molecule has 0 aliphatic heterocycles. The van der Waals surface area contributed by atoms with E-state index in [0.29, 0.717) is 24.5 Å². The van der Waals surface area contributed by atoms with Gasteiger partial charge in [0.2, 0.25) is 5.89 Å². The molecule has 3 nitrogen and oxygen atoms in total. The summed E-state index contributed by atoms with van der Waals surface area (Å²) in [5.74, 6) is 0.139. The van der Waals surface area contributed by atoms with Gasteiger partial charge in [-0.3, -0.25) is 0 Å². The Hall–Kier alpha value is -1.75. The number of benzene rings is 1. The van der Waals surface area contributed by atoms with E-state index in [1.54, 1.807) is 13.1 Å². The summed E-state index contributed by atoms with van der Waals surface area (Å²) in [6.07, 6.45) is 1.62. The van der Waals surface area contributed by atoms with Crippen molar-refractivity contribution in [2.75, 3.05) is 0 Å². The zero-order chi connectivity index (χ0) is 12.3. The van der Waals surface area contributed by atoms with Gasteiger partial charge in [-0.05, 0) is 24.6 Å². The van der Waals surface area contributed by atoms with Crippen LogP contribution in [0.2, 0.25) is 0 Å². The summed E-state index contributed by atoms with van der Waals surface area (Å²) in [7, 11) is 0. The number of halogens is 2. The number of oxazole rings is 1. The average Bonchev–Trinajstić information content (AvgIpc) is 2.63. The van der Waals surface area contributed by atoms with Crippen LogP contribution < -0.4 is 5.32 Å². The minimum Gasteiger partial charge on any atom is -0.445 e.